The lowest BCUT2D eigenvalue weighted by Crippen LogP contribution is -2.28. The van der Waals surface area contributed by atoms with Gasteiger partial charge in [-0.05, 0) is 12.0 Å². The zero-order chi connectivity index (χ0) is 13.3. The first-order valence-corrected chi connectivity index (χ1v) is 5.88. The van der Waals surface area contributed by atoms with Crippen LogP contribution in [-0.2, 0) is 6.54 Å². The number of nitrogens with two attached hydrogens (primary N) is 1. The van der Waals surface area contributed by atoms with E-state index in [-0.39, 0.29) is 11.7 Å². The topological polar surface area (TPSA) is 72.4 Å². The molecule has 6 heteroatoms. The Bertz CT molecular complexity index is 457. The summed E-state index contributed by atoms with van der Waals surface area (Å²) in [7, 11) is 0. The van der Waals surface area contributed by atoms with Gasteiger partial charge in [0.15, 0.2) is 0 Å². The van der Waals surface area contributed by atoms with Crippen LogP contribution in [0.15, 0.2) is 18.2 Å². The Hall–Kier alpha value is -1.53. The molecule has 18 heavy (non-hydrogen) atoms. The van der Waals surface area contributed by atoms with Crippen LogP contribution < -0.4 is 5.73 Å². The smallest absolute Gasteiger partial charge is 0.272 e. The molecular formula is C12H16FN3O2. The van der Waals surface area contributed by atoms with Gasteiger partial charge in [0, 0.05) is 37.3 Å². The van der Waals surface area contributed by atoms with Gasteiger partial charge in [-0.1, -0.05) is 6.92 Å². The molecule has 2 rings (SSSR count). The first-order chi connectivity index (χ1) is 8.47. The quantitative estimate of drug-likeness (QED) is 0.654. The number of hydrogen-bond donors (Lipinski definition) is 1. The predicted octanol–water partition coefficient (Wildman–Crippen LogP) is 1.51. The van der Waals surface area contributed by atoms with Crippen molar-refractivity contribution in [3.63, 3.8) is 0 Å². The minimum Gasteiger partial charge on any atom is -0.326 e. The molecule has 0 aliphatic carbocycles. The van der Waals surface area contributed by atoms with Gasteiger partial charge >= 0.3 is 0 Å². The van der Waals surface area contributed by atoms with Gasteiger partial charge in [-0.2, -0.15) is 0 Å². The number of non-ortho nitro benzene ring substituents is 1. The van der Waals surface area contributed by atoms with Crippen molar-refractivity contribution in [2.24, 2.45) is 11.7 Å². The fourth-order valence-corrected chi connectivity index (χ4v) is 2.24. The molecule has 0 bridgehead atoms. The van der Waals surface area contributed by atoms with E-state index >= 15 is 0 Å². The van der Waals surface area contributed by atoms with Crippen LogP contribution in [0.5, 0.6) is 0 Å². The van der Waals surface area contributed by atoms with E-state index < -0.39 is 10.7 Å². The number of likely N-dealkylation sites (tertiary alicyclic amines) is 1. The van der Waals surface area contributed by atoms with Gasteiger partial charge in [-0.3, -0.25) is 15.0 Å². The van der Waals surface area contributed by atoms with E-state index in [1.807, 2.05) is 0 Å². The maximum absolute atomic E-state index is 13.7. The number of nitrogens with zero attached hydrogens (tertiary/aromatic N) is 2. The summed E-state index contributed by atoms with van der Waals surface area (Å²) in [5, 5.41) is 10.5. The summed E-state index contributed by atoms with van der Waals surface area (Å²) in [5.74, 6) is -0.136. The van der Waals surface area contributed by atoms with Crippen molar-refractivity contribution in [2.75, 3.05) is 13.1 Å². The summed E-state index contributed by atoms with van der Waals surface area (Å²) in [5.41, 5.74) is 6.15. The Labute approximate surface area is 105 Å². The minimum atomic E-state index is -0.597. The molecule has 1 heterocycles. The molecule has 0 saturated carbocycles. The SMILES string of the molecule is CC1CN(Cc2ccc([N+](=O)[O-])cc2F)CC1N. The van der Waals surface area contributed by atoms with E-state index in [2.05, 4.69) is 11.8 Å². The minimum absolute atomic E-state index is 0.117. The Balaban J connectivity index is 2.08. The van der Waals surface area contributed by atoms with Gasteiger partial charge in [-0.25, -0.2) is 4.39 Å². The molecule has 2 N–H and O–H groups in total. The van der Waals surface area contributed by atoms with Crippen LogP contribution in [0.25, 0.3) is 0 Å². The highest BCUT2D eigenvalue weighted by atomic mass is 19.1. The largest absolute Gasteiger partial charge is 0.326 e. The highest BCUT2D eigenvalue weighted by Gasteiger charge is 2.27. The number of rotatable bonds is 3. The molecule has 0 amide bonds. The molecular weight excluding hydrogens is 237 g/mol. The second-order valence-corrected chi connectivity index (χ2v) is 4.87. The molecule has 2 atom stereocenters. The number of halogens is 1. The highest BCUT2D eigenvalue weighted by Crippen LogP contribution is 2.21. The van der Waals surface area contributed by atoms with E-state index in [1.165, 1.54) is 12.1 Å². The maximum atomic E-state index is 13.7. The lowest BCUT2D eigenvalue weighted by atomic mass is 10.1. The fraction of sp³-hybridized carbons (Fsp3) is 0.500. The van der Waals surface area contributed by atoms with Gasteiger partial charge in [0.2, 0.25) is 0 Å². The molecule has 5 nitrogen and oxygen atoms in total. The van der Waals surface area contributed by atoms with Gasteiger partial charge in [0.25, 0.3) is 5.69 Å². The third kappa shape index (κ3) is 2.65. The molecule has 1 aliphatic heterocycles. The lowest BCUT2D eigenvalue weighted by Gasteiger charge is -2.15. The van der Waals surface area contributed by atoms with Crippen LogP contribution in [0, 0.1) is 21.8 Å². The van der Waals surface area contributed by atoms with Crippen molar-refractivity contribution < 1.29 is 9.31 Å². The molecule has 1 fully saturated rings. The van der Waals surface area contributed by atoms with Crippen molar-refractivity contribution >= 4 is 5.69 Å². The van der Waals surface area contributed by atoms with Gasteiger partial charge < -0.3 is 5.73 Å². The Morgan fingerprint density at radius 3 is 2.78 bits per heavy atom. The van der Waals surface area contributed by atoms with Crippen LogP contribution in [0.1, 0.15) is 12.5 Å². The van der Waals surface area contributed by atoms with E-state index in [4.69, 9.17) is 5.73 Å². The molecule has 0 spiro atoms. The highest BCUT2D eigenvalue weighted by molar-refractivity contribution is 5.34. The molecule has 2 unspecified atom stereocenters. The first-order valence-electron chi connectivity index (χ1n) is 5.88. The summed E-state index contributed by atoms with van der Waals surface area (Å²) in [6.45, 7) is 4.08. The summed E-state index contributed by atoms with van der Waals surface area (Å²) in [6, 6.07) is 3.89. The monoisotopic (exact) mass is 253 g/mol. The van der Waals surface area contributed by atoms with E-state index in [0.29, 0.717) is 18.0 Å². The lowest BCUT2D eigenvalue weighted by molar-refractivity contribution is -0.385. The van der Waals surface area contributed by atoms with Crippen LogP contribution >= 0.6 is 0 Å². The first kappa shape index (κ1) is 12.9. The normalized spacial score (nSPS) is 24.4. The molecule has 1 aromatic rings. The Morgan fingerprint density at radius 1 is 1.56 bits per heavy atom. The molecule has 98 valence electrons. The third-order valence-electron chi connectivity index (χ3n) is 3.39. The van der Waals surface area contributed by atoms with Gasteiger partial charge in [-0.15, -0.1) is 0 Å². The van der Waals surface area contributed by atoms with Crippen molar-refractivity contribution in [3.8, 4) is 0 Å². The predicted molar refractivity (Wildman–Crippen MR) is 65.5 cm³/mol. The van der Waals surface area contributed by atoms with Crippen LogP contribution in [0.3, 0.4) is 0 Å². The average Bonchev–Trinajstić information content (AvgIpc) is 2.61. The Kier molecular flexibility index (Phi) is 3.58. The van der Waals surface area contributed by atoms with E-state index in [1.54, 1.807) is 0 Å². The van der Waals surface area contributed by atoms with Gasteiger partial charge in [0.1, 0.15) is 5.82 Å². The van der Waals surface area contributed by atoms with Crippen molar-refractivity contribution in [1.82, 2.24) is 4.90 Å². The van der Waals surface area contributed by atoms with E-state index in [9.17, 15) is 14.5 Å². The van der Waals surface area contributed by atoms with Crippen LogP contribution in [0.4, 0.5) is 10.1 Å². The molecule has 1 aliphatic rings. The van der Waals surface area contributed by atoms with Crippen LogP contribution in [0.2, 0.25) is 0 Å². The summed E-state index contributed by atoms with van der Waals surface area (Å²) in [6.07, 6.45) is 0. The van der Waals surface area contributed by atoms with E-state index in [0.717, 1.165) is 19.2 Å². The molecule has 0 aromatic heterocycles. The van der Waals surface area contributed by atoms with Gasteiger partial charge in [0.05, 0.1) is 11.0 Å². The average molecular weight is 253 g/mol. The zero-order valence-corrected chi connectivity index (χ0v) is 10.2. The molecule has 0 radical (unpaired) electrons. The standard InChI is InChI=1S/C12H16FN3O2/c1-8-5-15(7-12(8)14)6-9-2-3-10(16(17)18)4-11(9)13/h2-4,8,12H,5-7,14H2,1H3. The Morgan fingerprint density at radius 2 is 2.28 bits per heavy atom. The number of nitro benzene ring substituents is 1. The summed E-state index contributed by atoms with van der Waals surface area (Å²) < 4.78 is 13.7. The zero-order valence-electron chi connectivity index (χ0n) is 10.2. The second-order valence-electron chi connectivity index (χ2n) is 4.87. The number of hydrogen-bond acceptors (Lipinski definition) is 4. The molecule has 1 saturated heterocycles. The van der Waals surface area contributed by atoms with Crippen molar-refractivity contribution in [2.45, 2.75) is 19.5 Å². The third-order valence-corrected chi connectivity index (χ3v) is 3.39. The van der Waals surface area contributed by atoms with Crippen LogP contribution in [-0.4, -0.2) is 29.0 Å². The van der Waals surface area contributed by atoms with Crippen molar-refractivity contribution in [1.29, 1.82) is 0 Å². The summed E-state index contributed by atoms with van der Waals surface area (Å²) in [4.78, 5) is 12.0. The number of benzene rings is 1. The fourth-order valence-electron chi connectivity index (χ4n) is 2.24. The van der Waals surface area contributed by atoms with Crippen molar-refractivity contribution in [3.05, 3.63) is 39.7 Å². The molecule has 1 aromatic carbocycles. The maximum Gasteiger partial charge on any atom is 0.272 e. The second kappa shape index (κ2) is 4.99. The number of nitro groups is 1. The summed E-state index contributed by atoms with van der Waals surface area (Å²) >= 11 is 0.